The van der Waals surface area contributed by atoms with E-state index in [1.807, 2.05) is 24.9 Å². The number of anilines is 1. The molecular formula is C24H35IN4O2S. The van der Waals surface area contributed by atoms with E-state index in [2.05, 4.69) is 63.0 Å². The lowest BCUT2D eigenvalue weighted by molar-refractivity contribution is 0.393. The maximum Gasteiger partial charge on any atom is 0.191 e. The zero-order valence-electron chi connectivity index (χ0n) is 19.2. The van der Waals surface area contributed by atoms with Crippen molar-refractivity contribution in [3.05, 3.63) is 48.5 Å². The third-order valence-electron chi connectivity index (χ3n) is 5.39. The van der Waals surface area contributed by atoms with E-state index in [1.54, 1.807) is 14.2 Å². The van der Waals surface area contributed by atoms with E-state index < -0.39 is 0 Å². The molecule has 0 amide bonds. The topological polar surface area (TPSA) is 58.1 Å². The number of thioether (sulfide) groups is 1. The van der Waals surface area contributed by atoms with Crippen LogP contribution in [0.15, 0.2) is 58.4 Å². The van der Waals surface area contributed by atoms with Crippen LogP contribution in [0.4, 0.5) is 5.69 Å². The molecule has 176 valence electrons. The molecule has 6 nitrogen and oxygen atoms in total. The molecule has 0 spiro atoms. The summed E-state index contributed by atoms with van der Waals surface area (Å²) in [5, 5.41) is 7.04. The van der Waals surface area contributed by atoms with Crippen LogP contribution < -0.4 is 25.0 Å². The minimum Gasteiger partial charge on any atom is -0.497 e. The summed E-state index contributed by atoms with van der Waals surface area (Å²) in [6.07, 6.45) is 3.21. The number of hydrogen-bond acceptors (Lipinski definition) is 5. The van der Waals surface area contributed by atoms with Crippen molar-refractivity contribution in [2.75, 3.05) is 51.6 Å². The zero-order valence-corrected chi connectivity index (χ0v) is 22.3. The van der Waals surface area contributed by atoms with Crippen LogP contribution in [0.3, 0.4) is 0 Å². The van der Waals surface area contributed by atoms with Crippen LogP contribution in [0, 0.1) is 0 Å². The first-order valence-corrected chi connectivity index (χ1v) is 11.8. The Kier molecular flexibility index (Phi) is 11.9. The predicted octanol–water partition coefficient (Wildman–Crippen LogP) is 4.64. The van der Waals surface area contributed by atoms with Crippen molar-refractivity contribution in [2.24, 2.45) is 4.99 Å². The number of nitrogens with one attached hydrogen (secondary N) is 2. The number of hydrogen-bond donors (Lipinski definition) is 2. The van der Waals surface area contributed by atoms with E-state index in [-0.39, 0.29) is 24.0 Å². The maximum atomic E-state index is 5.41. The van der Waals surface area contributed by atoms with Gasteiger partial charge in [0.05, 0.1) is 14.2 Å². The third-order valence-corrected chi connectivity index (χ3v) is 6.48. The fourth-order valence-electron chi connectivity index (χ4n) is 3.63. The van der Waals surface area contributed by atoms with Gasteiger partial charge < -0.3 is 25.0 Å². The molecule has 0 saturated carbocycles. The lowest BCUT2D eigenvalue weighted by Crippen LogP contribution is -2.49. The number of nitrogens with zero attached hydrogens (tertiary/aromatic N) is 2. The smallest absolute Gasteiger partial charge is 0.191 e. The van der Waals surface area contributed by atoms with Crippen molar-refractivity contribution in [3.63, 3.8) is 0 Å². The lowest BCUT2D eigenvalue weighted by atomic mass is 10.0. The zero-order chi connectivity index (χ0) is 21.9. The second kappa shape index (κ2) is 14.4. The Morgan fingerprint density at radius 1 is 1.06 bits per heavy atom. The van der Waals surface area contributed by atoms with Crippen LogP contribution in [-0.4, -0.2) is 58.7 Å². The Morgan fingerprint density at radius 2 is 1.72 bits per heavy atom. The average Bonchev–Trinajstić information content (AvgIpc) is 2.83. The highest BCUT2D eigenvalue weighted by Gasteiger charge is 2.21. The van der Waals surface area contributed by atoms with E-state index in [0.717, 1.165) is 67.8 Å². The van der Waals surface area contributed by atoms with E-state index >= 15 is 0 Å². The van der Waals surface area contributed by atoms with Crippen molar-refractivity contribution < 1.29 is 9.47 Å². The number of benzene rings is 2. The van der Waals surface area contributed by atoms with Crippen LogP contribution in [0.1, 0.15) is 19.3 Å². The minimum atomic E-state index is 0. The van der Waals surface area contributed by atoms with Crippen LogP contribution >= 0.6 is 35.7 Å². The summed E-state index contributed by atoms with van der Waals surface area (Å²) < 4.78 is 10.8. The normalized spacial score (nSPS) is 14.5. The molecule has 2 aromatic carbocycles. The number of rotatable bonds is 9. The molecule has 32 heavy (non-hydrogen) atoms. The molecular weight excluding hydrogens is 535 g/mol. The second-order valence-electron chi connectivity index (χ2n) is 7.49. The number of piperidine rings is 1. The fraction of sp³-hybridized carbons (Fsp3) is 0.458. The van der Waals surface area contributed by atoms with Gasteiger partial charge in [0.1, 0.15) is 11.5 Å². The molecule has 1 heterocycles. The monoisotopic (exact) mass is 570 g/mol. The summed E-state index contributed by atoms with van der Waals surface area (Å²) in [6, 6.07) is 17.0. The molecule has 0 aromatic heterocycles. The molecule has 1 fully saturated rings. The summed E-state index contributed by atoms with van der Waals surface area (Å²) in [5.74, 6) is 3.64. The van der Waals surface area contributed by atoms with Gasteiger partial charge in [-0.2, -0.15) is 0 Å². The Hall–Kier alpha value is -1.81. The van der Waals surface area contributed by atoms with Gasteiger partial charge in [-0.05, 0) is 37.1 Å². The first-order chi connectivity index (χ1) is 15.2. The summed E-state index contributed by atoms with van der Waals surface area (Å²) in [7, 11) is 5.22. The first-order valence-electron chi connectivity index (χ1n) is 10.8. The minimum absolute atomic E-state index is 0. The maximum absolute atomic E-state index is 5.41. The number of halogens is 1. The van der Waals surface area contributed by atoms with Gasteiger partial charge in [-0.3, -0.25) is 4.99 Å². The van der Waals surface area contributed by atoms with Gasteiger partial charge in [0.15, 0.2) is 5.96 Å². The number of aliphatic imine (C=N–C) groups is 1. The molecule has 3 rings (SSSR count). The molecule has 0 radical (unpaired) electrons. The van der Waals surface area contributed by atoms with Gasteiger partial charge in [-0.25, -0.2) is 0 Å². The summed E-state index contributed by atoms with van der Waals surface area (Å²) in [6.45, 7) is 2.89. The second-order valence-corrected chi connectivity index (χ2v) is 8.66. The van der Waals surface area contributed by atoms with Gasteiger partial charge in [-0.15, -0.1) is 35.7 Å². The molecule has 8 heteroatoms. The molecule has 1 saturated heterocycles. The van der Waals surface area contributed by atoms with Gasteiger partial charge in [0.2, 0.25) is 0 Å². The Bertz CT molecular complexity index is 808. The molecule has 0 aliphatic carbocycles. The number of ether oxygens (including phenoxy) is 2. The number of methoxy groups -OCH3 is 2. The Labute approximate surface area is 213 Å². The van der Waals surface area contributed by atoms with Crippen molar-refractivity contribution in [2.45, 2.75) is 30.2 Å². The van der Waals surface area contributed by atoms with E-state index in [1.165, 1.54) is 4.90 Å². The van der Waals surface area contributed by atoms with Gasteiger partial charge in [0, 0.05) is 61.5 Å². The highest BCUT2D eigenvalue weighted by Crippen LogP contribution is 2.30. The summed E-state index contributed by atoms with van der Waals surface area (Å²) >= 11 is 1.89. The average molecular weight is 571 g/mol. The fourth-order valence-corrected chi connectivity index (χ4v) is 4.50. The van der Waals surface area contributed by atoms with Crippen molar-refractivity contribution in [1.29, 1.82) is 0 Å². The highest BCUT2D eigenvalue weighted by atomic mass is 127. The van der Waals surface area contributed by atoms with Crippen LogP contribution in [0.25, 0.3) is 0 Å². The SMILES string of the molecule is CN=C(NCCCSc1ccccc1)NC1CCN(c2cc(OC)cc(OC)c2)CC1.I. The van der Waals surface area contributed by atoms with E-state index in [0.29, 0.717) is 6.04 Å². The van der Waals surface area contributed by atoms with Gasteiger partial charge in [0.25, 0.3) is 0 Å². The molecule has 0 unspecified atom stereocenters. The van der Waals surface area contributed by atoms with Crippen molar-refractivity contribution in [3.8, 4) is 11.5 Å². The van der Waals surface area contributed by atoms with Crippen LogP contribution in [0.5, 0.6) is 11.5 Å². The lowest BCUT2D eigenvalue weighted by Gasteiger charge is -2.34. The molecule has 1 aliphatic rings. The Balaban J connectivity index is 0.00000363. The van der Waals surface area contributed by atoms with Crippen molar-refractivity contribution >= 4 is 47.4 Å². The molecule has 2 N–H and O–H groups in total. The predicted molar refractivity (Wildman–Crippen MR) is 146 cm³/mol. The van der Waals surface area contributed by atoms with E-state index in [9.17, 15) is 0 Å². The summed E-state index contributed by atoms with van der Waals surface area (Å²) in [4.78, 5) is 8.12. The standard InChI is InChI=1S/C24H34N4O2S.HI/c1-25-24(26-12-7-15-31-23-8-5-4-6-9-23)27-19-10-13-28(14-11-19)20-16-21(29-2)18-22(17-20)30-3;/h4-6,8-9,16-19H,7,10-15H2,1-3H3,(H2,25,26,27);1H. The highest BCUT2D eigenvalue weighted by molar-refractivity contribution is 14.0. The molecule has 0 bridgehead atoms. The molecule has 0 atom stereocenters. The number of guanidine groups is 1. The molecule has 1 aliphatic heterocycles. The Morgan fingerprint density at radius 3 is 2.31 bits per heavy atom. The van der Waals surface area contributed by atoms with Gasteiger partial charge in [-0.1, -0.05) is 18.2 Å². The first kappa shape index (κ1) is 26.4. The quantitative estimate of drug-likeness (QED) is 0.151. The van der Waals surface area contributed by atoms with E-state index in [4.69, 9.17) is 9.47 Å². The molecule has 2 aromatic rings. The third kappa shape index (κ3) is 8.27. The van der Waals surface area contributed by atoms with Crippen LogP contribution in [-0.2, 0) is 0 Å². The van der Waals surface area contributed by atoms with Crippen molar-refractivity contribution in [1.82, 2.24) is 10.6 Å². The van der Waals surface area contributed by atoms with Crippen LogP contribution in [0.2, 0.25) is 0 Å². The largest absolute Gasteiger partial charge is 0.497 e. The summed E-state index contributed by atoms with van der Waals surface area (Å²) in [5.41, 5.74) is 1.15. The van der Waals surface area contributed by atoms with Gasteiger partial charge >= 0.3 is 0 Å².